The van der Waals surface area contributed by atoms with E-state index in [-0.39, 0.29) is 11.8 Å². The molecule has 0 saturated carbocycles. The van der Waals surface area contributed by atoms with Crippen molar-refractivity contribution < 1.29 is 14.3 Å². The summed E-state index contributed by atoms with van der Waals surface area (Å²) in [5, 5.41) is 0. The Balaban J connectivity index is 1.71. The molecule has 0 spiro atoms. The number of aryl methyl sites for hydroxylation is 2. The van der Waals surface area contributed by atoms with Crippen molar-refractivity contribution in [3.8, 4) is 5.75 Å². The Morgan fingerprint density at radius 2 is 1.54 bits per heavy atom. The summed E-state index contributed by atoms with van der Waals surface area (Å²) >= 11 is 0. The maximum Gasteiger partial charge on any atom is 0.258 e. The SMILES string of the molecule is COc1cc(C)cc(C)c1C(=O)N1CCN(C(=O)c2ccncc2)CC1. The lowest BCUT2D eigenvalue weighted by Crippen LogP contribution is -2.50. The minimum absolute atomic E-state index is 0.0244. The van der Waals surface area contributed by atoms with E-state index in [9.17, 15) is 9.59 Å². The lowest BCUT2D eigenvalue weighted by molar-refractivity contribution is 0.0533. The quantitative estimate of drug-likeness (QED) is 0.849. The summed E-state index contributed by atoms with van der Waals surface area (Å²) in [4.78, 5) is 33.0. The van der Waals surface area contributed by atoms with E-state index in [1.165, 1.54) is 0 Å². The number of piperazine rings is 1. The van der Waals surface area contributed by atoms with Crippen LogP contribution in [0, 0.1) is 13.8 Å². The third kappa shape index (κ3) is 3.54. The molecule has 0 aliphatic carbocycles. The highest BCUT2D eigenvalue weighted by molar-refractivity contribution is 5.99. The number of hydrogen-bond acceptors (Lipinski definition) is 4. The Bertz CT molecular complexity index is 813. The van der Waals surface area contributed by atoms with E-state index in [2.05, 4.69) is 4.98 Å². The van der Waals surface area contributed by atoms with Crippen molar-refractivity contribution in [3.05, 3.63) is 58.9 Å². The first-order valence-electron chi connectivity index (χ1n) is 8.65. The van der Waals surface area contributed by atoms with Crippen molar-refractivity contribution >= 4 is 11.8 Å². The molecule has 0 N–H and O–H groups in total. The number of aromatic nitrogens is 1. The first-order chi connectivity index (χ1) is 12.5. The molecule has 0 atom stereocenters. The molecule has 26 heavy (non-hydrogen) atoms. The van der Waals surface area contributed by atoms with Crippen LogP contribution in [0.25, 0.3) is 0 Å². The zero-order valence-electron chi connectivity index (χ0n) is 15.4. The molecule has 1 saturated heterocycles. The minimum Gasteiger partial charge on any atom is -0.496 e. The van der Waals surface area contributed by atoms with Crippen LogP contribution >= 0.6 is 0 Å². The third-order valence-electron chi connectivity index (χ3n) is 4.66. The van der Waals surface area contributed by atoms with Gasteiger partial charge in [0.05, 0.1) is 12.7 Å². The minimum atomic E-state index is -0.0460. The smallest absolute Gasteiger partial charge is 0.258 e. The van der Waals surface area contributed by atoms with Gasteiger partial charge in [-0.15, -0.1) is 0 Å². The Labute approximate surface area is 153 Å². The number of carbonyl (C=O) groups is 2. The molecule has 1 aromatic carbocycles. The summed E-state index contributed by atoms with van der Waals surface area (Å²) in [7, 11) is 1.58. The van der Waals surface area contributed by atoms with Gasteiger partial charge in [-0.1, -0.05) is 6.07 Å². The van der Waals surface area contributed by atoms with Crippen molar-refractivity contribution in [1.29, 1.82) is 0 Å². The number of nitrogens with zero attached hydrogens (tertiary/aromatic N) is 3. The second-order valence-corrected chi connectivity index (χ2v) is 6.48. The van der Waals surface area contributed by atoms with Gasteiger partial charge >= 0.3 is 0 Å². The first-order valence-corrected chi connectivity index (χ1v) is 8.65. The second kappa shape index (κ2) is 7.56. The van der Waals surface area contributed by atoms with Crippen LogP contribution in [0.2, 0.25) is 0 Å². The number of carbonyl (C=O) groups excluding carboxylic acids is 2. The molecular formula is C20H23N3O3. The predicted molar refractivity (Wildman–Crippen MR) is 98.5 cm³/mol. The zero-order valence-corrected chi connectivity index (χ0v) is 15.4. The van der Waals surface area contributed by atoms with Gasteiger partial charge in [-0.25, -0.2) is 0 Å². The Hall–Kier alpha value is -2.89. The van der Waals surface area contributed by atoms with E-state index < -0.39 is 0 Å². The molecule has 3 rings (SSSR count). The summed E-state index contributed by atoms with van der Waals surface area (Å²) in [6.45, 7) is 5.94. The van der Waals surface area contributed by atoms with E-state index in [1.807, 2.05) is 26.0 Å². The molecule has 0 radical (unpaired) electrons. The lowest BCUT2D eigenvalue weighted by Gasteiger charge is -2.35. The van der Waals surface area contributed by atoms with Crippen LogP contribution in [-0.4, -0.2) is 59.9 Å². The van der Waals surface area contributed by atoms with Crippen LogP contribution < -0.4 is 4.74 Å². The molecule has 2 aromatic rings. The fourth-order valence-electron chi connectivity index (χ4n) is 3.31. The van der Waals surface area contributed by atoms with Gasteiger partial charge in [0.2, 0.25) is 0 Å². The van der Waals surface area contributed by atoms with Crippen molar-refractivity contribution in [3.63, 3.8) is 0 Å². The van der Waals surface area contributed by atoms with Gasteiger partial charge in [0.25, 0.3) is 11.8 Å². The summed E-state index contributed by atoms with van der Waals surface area (Å²) in [5.74, 6) is 0.529. The zero-order chi connectivity index (χ0) is 18.7. The Morgan fingerprint density at radius 3 is 2.12 bits per heavy atom. The maximum atomic E-state index is 13.0. The van der Waals surface area contributed by atoms with Gasteiger partial charge in [0.1, 0.15) is 5.75 Å². The van der Waals surface area contributed by atoms with E-state index in [0.29, 0.717) is 43.1 Å². The molecule has 1 fully saturated rings. The molecule has 1 aliphatic heterocycles. The number of hydrogen-bond donors (Lipinski definition) is 0. The van der Waals surface area contributed by atoms with Gasteiger partial charge in [-0.05, 0) is 43.2 Å². The summed E-state index contributed by atoms with van der Waals surface area (Å²) in [6, 6.07) is 7.28. The largest absolute Gasteiger partial charge is 0.496 e. The van der Waals surface area contributed by atoms with Gasteiger partial charge in [0.15, 0.2) is 0 Å². The number of ether oxygens (including phenoxy) is 1. The van der Waals surface area contributed by atoms with Crippen LogP contribution in [0.1, 0.15) is 31.8 Å². The number of amides is 2. The molecule has 2 amide bonds. The maximum absolute atomic E-state index is 13.0. The molecule has 6 heteroatoms. The lowest BCUT2D eigenvalue weighted by atomic mass is 10.0. The van der Waals surface area contributed by atoms with Crippen LogP contribution in [0.4, 0.5) is 0 Å². The monoisotopic (exact) mass is 353 g/mol. The fourth-order valence-corrected chi connectivity index (χ4v) is 3.31. The molecule has 136 valence electrons. The van der Waals surface area contributed by atoms with E-state index in [0.717, 1.165) is 11.1 Å². The Kier molecular flexibility index (Phi) is 5.21. The highest BCUT2D eigenvalue weighted by Crippen LogP contribution is 2.26. The van der Waals surface area contributed by atoms with E-state index in [4.69, 9.17) is 4.74 Å². The average molecular weight is 353 g/mol. The van der Waals surface area contributed by atoms with Crippen LogP contribution in [0.15, 0.2) is 36.7 Å². The summed E-state index contributed by atoms with van der Waals surface area (Å²) in [6.07, 6.45) is 3.22. The summed E-state index contributed by atoms with van der Waals surface area (Å²) < 4.78 is 5.42. The Morgan fingerprint density at radius 1 is 0.962 bits per heavy atom. The molecule has 2 heterocycles. The molecule has 0 bridgehead atoms. The van der Waals surface area contributed by atoms with Crippen LogP contribution in [0.5, 0.6) is 5.75 Å². The molecule has 6 nitrogen and oxygen atoms in total. The summed E-state index contributed by atoms with van der Waals surface area (Å²) in [5.41, 5.74) is 3.19. The number of methoxy groups -OCH3 is 1. The molecule has 0 unspecified atom stereocenters. The fraction of sp³-hybridized carbons (Fsp3) is 0.350. The van der Waals surface area contributed by atoms with E-state index in [1.54, 1.807) is 41.4 Å². The first kappa shape index (κ1) is 17.9. The number of pyridine rings is 1. The standard InChI is InChI=1S/C20H23N3O3/c1-14-12-15(2)18(17(13-14)26-3)20(25)23-10-8-22(9-11-23)19(24)16-4-6-21-7-5-16/h4-7,12-13H,8-11H2,1-3H3. The van der Waals surface area contributed by atoms with Crippen LogP contribution in [0.3, 0.4) is 0 Å². The van der Waals surface area contributed by atoms with Crippen molar-refractivity contribution in [2.45, 2.75) is 13.8 Å². The van der Waals surface area contributed by atoms with Crippen molar-refractivity contribution in [1.82, 2.24) is 14.8 Å². The highest BCUT2D eigenvalue weighted by Gasteiger charge is 2.28. The van der Waals surface area contributed by atoms with Crippen molar-refractivity contribution in [2.24, 2.45) is 0 Å². The highest BCUT2D eigenvalue weighted by atomic mass is 16.5. The molecule has 1 aromatic heterocycles. The average Bonchev–Trinajstić information content (AvgIpc) is 2.67. The topological polar surface area (TPSA) is 62.7 Å². The molecular weight excluding hydrogens is 330 g/mol. The van der Waals surface area contributed by atoms with Gasteiger partial charge in [0, 0.05) is 44.1 Å². The van der Waals surface area contributed by atoms with Gasteiger partial charge < -0.3 is 14.5 Å². The van der Waals surface area contributed by atoms with Crippen molar-refractivity contribution in [2.75, 3.05) is 33.3 Å². The number of benzene rings is 1. The second-order valence-electron chi connectivity index (χ2n) is 6.48. The van der Waals surface area contributed by atoms with Gasteiger partial charge in [-0.2, -0.15) is 0 Å². The molecule has 1 aliphatic rings. The van der Waals surface area contributed by atoms with Crippen LogP contribution in [-0.2, 0) is 0 Å². The normalized spacial score (nSPS) is 14.3. The predicted octanol–water partition coefficient (Wildman–Crippen LogP) is 2.31. The van der Waals surface area contributed by atoms with Gasteiger partial charge in [-0.3, -0.25) is 14.6 Å². The third-order valence-corrected chi connectivity index (χ3v) is 4.66. The number of rotatable bonds is 3. The van der Waals surface area contributed by atoms with E-state index >= 15 is 0 Å².